The van der Waals surface area contributed by atoms with E-state index in [-0.39, 0.29) is 0 Å². The molecule has 0 radical (unpaired) electrons. The fraction of sp³-hybridized carbons (Fsp3) is 1.00. The molecule has 17 heavy (non-hydrogen) atoms. The lowest BCUT2D eigenvalue weighted by molar-refractivity contribution is 0.0837. The summed E-state index contributed by atoms with van der Waals surface area (Å²) in [6, 6.07) is 1.41. The van der Waals surface area contributed by atoms with E-state index in [4.69, 9.17) is 0 Å². The molecular weight excluding hydrogens is 210 g/mol. The normalized spacial score (nSPS) is 29.5. The number of nitrogens with one attached hydrogen (secondary N) is 1. The molecule has 1 saturated carbocycles. The summed E-state index contributed by atoms with van der Waals surface area (Å²) in [4.78, 5) is 5.05. The lowest BCUT2D eigenvalue weighted by atomic mass is 9.98. The fourth-order valence-corrected chi connectivity index (χ4v) is 2.90. The van der Waals surface area contributed by atoms with Crippen molar-refractivity contribution in [1.29, 1.82) is 0 Å². The van der Waals surface area contributed by atoms with Gasteiger partial charge >= 0.3 is 0 Å². The van der Waals surface area contributed by atoms with E-state index in [1.54, 1.807) is 0 Å². The van der Waals surface area contributed by atoms with E-state index in [0.717, 1.165) is 5.92 Å². The molecule has 2 unspecified atom stereocenters. The van der Waals surface area contributed by atoms with E-state index in [1.165, 1.54) is 51.9 Å². The second-order valence-electron chi connectivity index (χ2n) is 6.05. The van der Waals surface area contributed by atoms with Crippen molar-refractivity contribution >= 4 is 0 Å². The van der Waals surface area contributed by atoms with E-state index >= 15 is 0 Å². The van der Waals surface area contributed by atoms with Crippen molar-refractivity contribution in [3.8, 4) is 0 Å². The van der Waals surface area contributed by atoms with Crippen LogP contribution in [0.4, 0.5) is 0 Å². The monoisotopic (exact) mass is 239 g/mol. The minimum Gasteiger partial charge on any atom is -0.312 e. The van der Waals surface area contributed by atoms with Crippen LogP contribution in [0.1, 0.15) is 32.6 Å². The van der Waals surface area contributed by atoms with Gasteiger partial charge in [-0.05, 0) is 39.4 Å². The van der Waals surface area contributed by atoms with Crippen molar-refractivity contribution in [2.24, 2.45) is 5.92 Å². The number of nitrogens with zero attached hydrogens (tertiary/aromatic N) is 2. The third kappa shape index (κ3) is 3.94. The number of piperazine rings is 1. The molecule has 0 amide bonds. The van der Waals surface area contributed by atoms with Crippen LogP contribution >= 0.6 is 0 Å². The van der Waals surface area contributed by atoms with Crippen LogP contribution < -0.4 is 5.32 Å². The average Bonchev–Trinajstić information content (AvgIpc) is 3.11. The molecule has 1 saturated heterocycles. The smallest absolute Gasteiger partial charge is 0.0374 e. The number of hydrogen-bond acceptors (Lipinski definition) is 3. The Kier molecular flexibility index (Phi) is 4.83. The second kappa shape index (κ2) is 6.17. The quantitative estimate of drug-likeness (QED) is 0.756. The first-order chi connectivity index (χ1) is 8.20. The maximum Gasteiger partial charge on any atom is 0.0374 e. The molecule has 100 valence electrons. The van der Waals surface area contributed by atoms with Crippen LogP contribution in [0.2, 0.25) is 0 Å². The summed E-state index contributed by atoms with van der Waals surface area (Å²) in [5.41, 5.74) is 0. The topological polar surface area (TPSA) is 18.5 Å². The summed E-state index contributed by atoms with van der Waals surface area (Å²) in [6.07, 6.45) is 5.57. The van der Waals surface area contributed by atoms with Gasteiger partial charge in [0.15, 0.2) is 0 Å². The summed E-state index contributed by atoms with van der Waals surface area (Å²) in [6.45, 7) is 7.10. The minimum atomic E-state index is 0.704. The molecule has 0 spiro atoms. The van der Waals surface area contributed by atoms with Gasteiger partial charge in [0.2, 0.25) is 0 Å². The summed E-state index contributed by atoms with van der Waals surface area (Å²) < 4.78 is 0. The highest BCUT2D eigenvalue weighted by atomic mass is 15.3. The predicted molar refractivity (Wildman–Crippen MR) is 73.3 cm³/mol. The van der Waals surface area contributed by atoms with Crippen molar-refractivity contribution in [3.05, 3.63) is 0 Å². The summed E-state index contributed by atoms with van der Waals surface area (Å²) in [5.74, 6) is 1.02. The van der Waals surface area contributed by atoms with Gasteiger partial charge in [-0.25, -0.2) is 0 Å². The highest BCUT2D eigenvalue weighted by Gasteiger charge is 2.33. The van der Waals surface area contributed by atoms with E-state index in [1.807, 2.05) is 0 Å². The van der Waals surface area contributed by atoms with Crippen LogP contribution in [0.3, 0.4) is 0 Å². The van der Waals surface area contributed by atoms with E-state index in [2.05, 4.69) is 36.1 Å². The average molecular weight is 239 g/mol. The van der Waals surface area contributed by atoms with Gasteiger partial charge in [-0.3, -0.25) is 4.90 Å². The Bertz CT molecular complexity index is 228. The van der Waals surface area contributed by atoms with Gasteiger partial charge in [-0.2, -0.15) is 0 Å². The third-order valence-electron chi connectivity index (χ3n) is 4.30. The predicted octanol–water partition coefficient (Wildman–Crippen LogP) is 1.40. The van der Waals surface area contributed by atoms with E-state index in [0.29, 0.717) is 12.1 Å². The van der Waals surface area contributed by atoms with Gasteiger partial charge in [0.1, 0.15) is 0 Å². The van der Waals surface area contributed by atoms with Gasteiger partial charge < -0.3 is 10.2 Å². The second-order valence-corrected chi connectivity index (χ2v) is 6.05. The molecule has 1 aliphatic heterocycles. The van der Waals surface area contributed by atoms with Gasteiger partial charge in [0.05, 0.1) is 0 Å². The van der Waals surface area contributed by atoms with Crippen LogP contribution in [0.5, 0.6) is 0 Å². The maximum absolute atomic E-state index is 3.79. The summed E-state index contributed by atoms with van der Waals surface area (Å²) in [7, 11) is 4.55. The summed E-state index contributed by atoms with van der Waals surface area (Å²) >= 11 is 0. The molecular formula is C14H29N3. The van der Waals surface area contributed by atoms with Gasteiger partial charge in [-0.1, -0.05) is 19.8 Å². The SMILES string of the molecule is CCCNC(CC1CC1)C1CN(C)CCN1C. The van der Waals surface area contributed by atoms with Crippen molar-refractivity contribution in [1.82, 2.24) is 15.1 Å². The standard InChI is InChI=1S/C14H29N3/c1-4-7-15-13(10-12-5-6-12)14-11-16(2)8-9-17(14)3/h12-15H,4-11H2,1-3H3. The summed E-state index contributed by atoms with van der Waals surface area (Å²) in [5, 5.41) is 3.79. The molecule has 0 aromatic heterocycles. The van der Waals surface area contributed by atoms with Crippen LogP contribution in [0.25, 0.3) is 0 Å². The number of hydrogen-bond donors (Lipinski definition) is 1. The molecule has 0 bridgehead atoms. The lowest BCUT2D eigenvalue weighted by Crippen LogP contribution is -2.58. The molecule has 0 aromatic rings. The molecule has 3 heteroatoms. The molecule has 2 aliphatic rings. The zero-order valence-electron chi connectivity index (χ0n) is 11.8. The molecule has 2 atom stereocenters. The molecule has 2 rings (SSSR count). The van der Waals surface area contributed by atoms with Crippen molar-refractivity contribution in [3.63, 3.8) is 0 Å². The van der Waals surface area contributed by atoms with Crippen molar-refractivity contribution in [2.75, 3.05) is 40.3 Å². The molecule has 1 N–H and O–H groups in total. The van der Waals surface area contributed by atoms with E-state index < -0.39 is 0 Å². The van der Waals surface area contributed by atoms with Gasteiger partial charge in [0, 0.05) is 31.7 Å². The lowest BCUT2D eigenvalue weighted by Gasteiger charge is -2.42. The van der Waals surface area contributed by atoms with Crippen LogP contribution in [-0.2, 0) is 0 Å². The Morgan fingerprint density at radius 1 is 1.24 bits per heavy atom. The Morgan fingerprint density at radius 3 is 2.65 bits per heavy atom. The first kappa shape index (κ1) is 13.3. The van der Waals surface area contributed by atoms with Crippen molar-refractivity contribution < 1.29 is 0 Å². The fourth-order valence-electron chi connectivity index (χ4n) is 2.90. The molecule has 2 fully saturated rings. The molecule has 3 nitrogen and oxygen atoms in total. The van der Waals surface area contributed by atoms with Gasteiger partial charge in [0.25, 0.3) is 0 Å². The van der Waals surface area contributed by atoms with Crippen LogP contribution in [0, 0.1) is 5.92 Å². The largest absolute Gasteiger partial charge is 0.312 e. The van der Waals surface area contributed by atoms with Crippen LogP contribution in [0.15, 0.2) is 0 Å². The van der Waals surface area contributed by atoms with Gasteiger partial charge in [-0.15, -0.1) is 0 Å². The highest BCUT2D eigenvalue weighted by molar-refractivity contribution is 4.92. The highest BCUT2D eigenvalue weighted by Crippen LogP contribution is 2.34. The van der Waals surface area contributed by atoms with Crippen molar-refractivity contribution in [2.45, 2.75) is 44.7 Å². The Morgan fingerprint density at radius 2 is 2.00 bits per heavy atom. The molecule has 1 heterocycles. The Hall–Kier alpha value is -0.120. The molecule has 0 aromatic carbocycles. The molecule has 1 aliphatic carbocycles. The zero-order chi connectivity index (χ0) is 12.3. The number of rotatable bonds is 6. The zero-order valence-corrected chi connectivity index (χ0v) is 11.8. The van der Waals surface area contributed by atoms with Crippen LogP contribution in [-0.4, -0.2) is 62.2 Å². The minimum absolute atomic E-state index is 0.704. The third-order valence-corrected chi connectivity index (χ3v) is 4.30. The van der Waals surface area contributed by atoms with E-state index in [9.17, 15) is 0 Å². The Balaban J connectivity index is 1.90. The first-order valence-corrected chi connectivity index (χ1v) is 7.33. The maximum atomic E-state index is 3.79. The Labute approximate surface area is 107 Å². The first-order valence-electron chi connectivity index (χ1n) is 7.33. The number of likely N-dealkylation sites (N-methyl/N-ethyl adjacent to an activating group) is 2.